The molecule has 0 aliphatic carbocycles. The lowest BCUT2D eigenvalue weighted by molar-refractivity contribution is 0.102. The van der Waals surface area contributed by atoms with E-state index in [1.807, 2.05) is 6.92 Å². The van der Waals surface area contributed by atoms with Gasteiger partial charge in [0, 0.05) is 0 Å². The summed E-state index contributed by atoms with van der Waals surface area (Å²) < 4.78 is 13.6. The van der Waals surface area contributed by atoms with Gasteiger partial charge >= 0.3 is 0 Å². The molecule has 0 fully saturated rings. The number of carbonyl (C=O) groups excluding carboxylic acids is 1. The summed E-state index contributed by atoms with van der Waals surface area (Å²) in [6, 6.07) is 5.39. The second-order valence-corrected chi connectivity index (χ2v) is 5.07. The zero-order chi connectivity index (χ0) is 14.0. The van der Waals surface area contributed by atoms with Crippen molar-refractivity contribution in [3.05, 3.63) is 57.0 Å². The van der Waals surface area contributed by atoms with Crippen LogP contribution in [0, 0.1) is 12.7 Å². The van der Waals surface area contributed by atoms with E-state index in [9.17, 15) is 9.18 Å². The van der Waals surface area contributed by atoms with Crippen molar-refractivity contribution in [3.63, 3.8) is 0 Å². The van der Waals surface area contributed by atoms with E-state index < -0.39 is 11.7 Å². The number of carbonyl (C=O) groups is 1. The Morgan fingerprint density at radius 1 is 1.42 bits per heavy atom. The number of rotatable bonds is 2. The Labute approximate surface area is 122 Å². The van der Waals surface area contributed by atoms with Crippen LogP contribution in [0.15, 0.2) is 35.1 Å². The van der Waals surface area contributed by atoms with Crippen LogP contribution in [0.4, 0.5) is 10.1 Å². The zero-order valence-electron chi connectivity index (χ0n) is 9.88. The number of amides is 1. The topological polar surface area (TPSA) is 42.0 Å². The zero-order valence-corrected chi connectivity index (χ0v) is 12.2. The summed E-state index contributed by atoms with van der Waals surface area (Å²) in [7, 11) is 0. The van der Waals surface area contributed by atoms with Crippen molar-refractivity contribution in [2.24, 2.45) is 0 Å². The van der Waals surface area contributed by atoms with Crippen molar-refractivity contribution >= 4 is 39.1 Å². The minimum absolute atomic E-state index is 0.0688. The Morgan fingerprint density at radius 2 is 2.16 bits per heavy atom. The van der Waals surface area contributed by atoms with Crippen LogP contribution < -0.4 is 5.32 Å². The summed E-state index contributed by atoms with van der Waals surface area (Å²) >= 11 is 9.10. The van der Waals surface area contributed by atoms with E-state index >= 15 is 0 Å². The van der Waals surface area contributed by atoms with Gasteiger partial charge in [-0.25, -0.2) is 9.37 Å². The highest BCUT2D eigenvalue weighted by atomic mass is 79.9. The molecule has 2 rings (SSSR count). The molecule has 2 aromatic rings. The maximum absolute atomic E-state index is 12.9. The molecule has 0 bridgehead atoms. The number of aromatic nitrogens is 1. The van der Waals surface area contributed by atoms with Crippen molar-refractivity contribution in [1.82, 2.24) is 4.98 Å². The van der Waals surface area contributed by atoms with Crippen LogP contribution in [0.3, 0.4) is 0 Å². The van der Waals surface area contributed by atoms with Gasteiger partial charge in [-0.15, -0.1) is 0 Å². The average Bonchev–Trinajstić information content (AvgIpc) is 2.33. The Balaban J connectivity index is 2.23. The highest BCUT2D eigenvalue weighted by Gasteiger charge is 2.12. The van der Waals surface area contributed by atoms with Crippen molar-refractivity contribution in [3.8, 4) is 0 Å². The molecule has 98 valence electrons. The summed E-state index contributed by atoms with van der Waals surface area (Å²) in [4.78, 5) is 16.1. The Bertz CT molecular complexity index is 649. The van der Waals surface area contributed by atoms with Crippen molar-refractivity contribution in [1.29, 1.82) is 0 Å². The molecule has 1 aromatic carbocycles. The maximum atomic E-state index is 12.9. The number of hydrogen-bond donors (Lipinski definition) is 1. The number of anilines is 1. The lowest BCUT2D eigenvalue weighted by atomic mass is 10.2. The largest absolute Gasteiger partial charge is 0.321 e. The summed E-state index contributed by atoms with van der Waals surface area (Å²) in [5.74, 6) is -0.892. The minimum Gasteiger partial charge on any atom is -0.321 e. The van der Waals surface area contributed by atoms with E-state index in [-0.39, 0.29) is 10.6 Å². The van der Waals surface area contributed by atoms with Gasteiger partial charge in [0.25, 0.3) is 5.91 Å². The van der Waals surface area contributed by atoms with Gasteiger partial charge in [-0.05, 0) is 52.7 Å². The van der Waals surface area contributed by atoms with Gasteiger partial charge in [-0.1, -0.05) is 11.6 Å². The predicted molar refractivity (Wildman–Crippen MR) is 76.0 cm³/mol. The highest BCUT2D eigenvalue weighted by Crippen LogP contribution is 2.20. The lowest BCUT2D eigenvalue weighted by Crippen LogP contribution is -2.13. The Kier molecular flexibility index (Phi) is 4.17. The summed E-state index contributed by atoms with van der Waals surface area (Å²) in [6.45, 7) is 1.86. The molecule has 0 aliphatic rings. The van der Waals surface area contributed by atoms with Gasteiger partial charge in [0.15, 0.2) is 0 Å². The van der Waals surface area contributed by atoms with Crippen molar-refractivity contribution < 1.29 is 9.18 Å². The van der Waals surface area contributed by atoms with Crippen LogP contribution in [0.1, 0.15) is 15.9 Å². The molecular weight excluding hydrogens is 335 g/mol. The highest BCUT2D eigenvalue weighted by molar-refractivity contribution is 9.10. The second kappa shape index (κ2) is 5.67. The fraction of sp³-hybridized carbons (Fsp3) is 0.0769. The molecule has 0 saturated carbocycles. The van der Waals surface area contributed by atoms with Crippen LogP contribution in [-0.4, -0.2) is 10.9 Å². The van der Waals surface area contributed by atoms with Crippen LogP contribution in [0.2, 0.25) is 5.02 Å². The van der Waals surface area contributed by atoms with Gasteiger partial charge in [-0.3, -0.25) is 4.79 Å². The third-order valence-corrected chi connectivity index (χ3v) is 3.59. The van der Waals surface area contributed by atoms with Gasteiger partial charge in [0.2, 0.25) is 0 Å². The third-order valence-electron chi connectivity index (χ3n) is 2.45. The summed E-state index contributed by atoms with van der Waals surface area (Å²) in [5.41, 5.74) is 1.65. The average molecular weight is 344 g/mol. The van der Waals surface area contributed by atoms with E-state index in [0.29, 0.717) is 10.3 Å². The summed E-state index contributed by atoms with van der Waals surface area (Å²) in [6.07, 6.45) is 1.52. The van der Waals surface area contributed by atoms with Crippen LogP contribution in [0.5, 0.6) is 0 Å². The first-order valence-corrected chi connectivity index (χ1v) is 6.53. The Morgan fingerprint density at radius 3 is 2.79 bits per heavy atom. The van der Waals surface area contributed by atoms with E-state index in [1.54, 1.807) is 6.07 Å². The fourth-order valence-corrected chi connectivity index (χ4v) is 1.97. The monoisotopic (exact) mass is 342 g/mol. The smallest absolute Gasteiger partial charge is 0.257 e. The molecule has 0 radical (unpaired) electrons. The standard InChI is InChI=1S/C13H9BrClFN2O/c1-7-4-9(6-17-12(7)14)18-13(19)10-3-2-8(16)5-11(10)15/h2-6H,1H3,(H,18,19). The van der Waals surface area contributed by atoms with Gasteiger partial charge in [-0.2, -0.15) is 0 Å². The molecule has 0 spiro atoms. The van der Waals surface area contributed by atoms with Gasteiger partial charge in [0.1, 0.15) is 10.4 Å². The van der Waals surface area contributed by atoms with E-state index in [2.05, 4.69) is 26.2 Å². The molecule has 0 atom stereocenters. The predicted octanol–water partition coefficient (Wildman–Crippen LogP) is 4.20. The molecule has 19 heavy (non-hydrogen) atoms. The molecule has 1 aromatic heterocycles. The summed E-state index contributed by atoms with van der Waals surface area (Å²) in [5, 5.41) is 2.73. The number of aryl methyl sites for hydroxylation is 1. The number of nitrogens with zero attached hydrogens (tertiary/aromatic N) is 1. The van der Waals surface area contributed by atoms with E-state index in [1.165, 1.54) is 18.3 Å². The molecule has 0 unspecified atom stereocenters. The number of halogens is 3. The van der Waals surface area contributed by atoms with Crippen LogP contribution >= 0.6 is 27.5 Å². The second-order valence-electron chi connectivity index (χ2n) is 3.91. The molecule has 1 N–H and O–H groups in total. The number of pyridine rings is 1. The molecular formula is C13H9BrClFN2O. The first-order valence-electron chi connectivity index (χ1n) is 5.36. The number of benzene rings is 1. The number of hydrogen-bond acceptors (Lipinski definition) is 2. The maximum Gasteiger partial charge on any atom is 0.257 e. The van der Waals surface area contributed by atoms with E-state index in [0.717, 1.165) is 11.6 Å². The third kappa shape index (κ3) is 3.30. The van der Waals surface area contributed by atoms with Crippen molar-refractivity contribution in [2.75, 3.05) is 5.32 Å². The molecule has 3 nitrogen and oxygen atoms in total. The van der Waals surface area contributed by atoms with E-state index in [4.69, 9.17) is 11.6 Å². The van der Waals surface area contributed by atoms with Gasteiger partial charge in [0.05, 0.1) is 22.5 Å². The molecule has 0 aliphatic heterocycles. The SMILES string of the molecule is Cc1cc(NC(=O)c2ccc(F)cc2Cl)cnc1Br. The minimum atomic E-state index is -0.484. The normalized spacial score (nSPS) is 10.3. The first-order chi connectivity index (χ1) is 8.97. The van der Waals surface area contributed by atoms with Crippen LogP contribution in [0.25, 0.3) is 0 Å². The fourth-order valence-electron chi connectivity index (χ4n) is 1.50. The van der Waals surface area contributed by atoms with Crippen LogP contribution in [-0.2, 0) is 0 Å². The molecule has 1 amide bonds. The molecule has 0 saturated heterocycles. The molecule has 6 heteroatoms. The number of nitrogens with one attached hydrogen (secondary N) is 1. The Hall–Kier alpha value is -1.46. The lowest BCUT2D eigenvalue weighted by Gasteiger charge is -2.07. The van der Waals surface area contributed by atoms with Gasteiger partial charge < -0.3 is 5.32 Å². The molecule has 1 heterocycles. The quantitative estimate of drug-likeness (QED) is 0.831. The first kappa shape index (κ1) is 14.0. The van der Waals surface area contributed by atoms with Crippen molar-refractivity contribution in [2.45, 2.75) is 6.92 Å².